The lowest BCUT2D eigenvalue weighted by Crippen LogP contribution is -2.30. The number of nitrogens with one attached hydrogen (secondary N) is 1. The molecule has 174 valence electrons. The molecule has 1 aliphatic rings. The summed E-state index contributed by atoms with van der Waals surface area (Å²) < 4.78 is 47.1. The highest BCUT2D eigenvalue weighted by atomic mass is 35.5. The molecular weight excluding hydrogens is 473 g/mol. The van der Waals surface area contributed by atoms with Gasteiger partial charge in [-0.15, -0.1) is 0 Å². The minimum absolute atomic E-state index is 0.105. The summed E-state index contributed by atoms with van der Waals surface area (Å²) in [5, 5.41) is 16.7. The van der Waals surface area contributed by atoms with Gasteiger partial charge < -0.3 is 9.84 Å². The van der Waals surface area contributed by atoms with Gasteiger partial charge in [0.2, 0.25) is 0 Å². The number of nitrogens with zero attached hydrogens (tertiary/aromatic N) is 2. The number of hydrogen-bond acceptors (Lipinski definition) is 6. The Morgan fingerprint density at radius 3 is 2.73 bits per heavy atom. The summed E-state index contributed by atoms with van der Waals surface area (Å²) in [6.45, 7) is -0.246. The van der Waals surface area contributed by atoms with Gasteiger partial charge in [0, 0.05) is 22.3 Å². The first kappa shape index (κ1) is 23.2. The number of carboxylic acid groups (broad SMARTS) is 1. The van der Waals surface area contributed by atoms with Crippen LogP contribution >= 0.6 is 11.6 Å². The maximum absolute atomic E-state index is 14.5. The van der Waals surface area contributed by atoms with Crippen LogP contribution in [0.1, 0.15) is 30.1 Å². The van der Waals surface area contributed by atoms with Gasteiger partial charge in [0.25, 0.3) is 0 Å². The lowest BCUT2D eigenvalue weighted by Gasteiger charge is -2.24. The first-order valence-corrected chi connectivity index (χ1v) is 12.2. The Hall–Kier alpha value is -2.95. The molecule has 3 aromatic rings. The van der Waals surface area contributed by atoms with Crippen LogP contribution in [-0.2, 0) is 27.6 Å². The van der Waals surface area contributed by atoms with Crippen LogP contribution in [-0.4, -0.2) is 35.2 Å². The zero-order valence-corrected chi connectivity index (χ0v) is 18.9. The van der Waals surface area contributed by atoms with Crippen molar-refractivity contribution in [2.75, 3.05) is 5.88 Å². The Morgan fingerprint density at radius 2 is 2.03 bits per heavy atom. The van der Waals surface area contributed by atoms with E-state index in [1.54, 1.807) is 30.5 Å². The highest BCUT2D eigenvalue weighted by Gasteiger charge is 2.27. The SMILES string of the molecule is O=C(O)Cn1ncc2c1CCC[C@H]2NCS(=O)(=O)c1ccc(Oc2ccc(Cl)cc2)c(F)c1. The number of carbonyl (C=O) groups is 1. The smallest absolute Gasteiger partial charge is 0.325 e. The Bertz CT molecular complexity index is 1280. The molecule has 4 rings (SSSR count). The van der Waals surface area contributed by atoms with Crippen LogP contribution in [0.5, 0.6) is 11.5 Å². The molecule has 0 spiro atoms. The second kappa shape index (κ2) is 9.50. The van der Waals surface area contributed by atoms with Gasteiger partial charge in [-0.05, 0) is 61.7 Å². The molecule has 1 heterocycles. The van der Waals surface area contributed by atoms with E-state index in [0.717, 1.165) is 23.7 Å². The largest absolute Gasteiger partial charge is 0.480 e. The van der Waals surface area contributed by atoms with Crippen molar-refractivity contribution in [3.63, 3.8) is 0 Å². The second-order valence-corrected chi connectivity index (χ2v) is 10.1. The van der Waals surface area contributed by atoms with Gasteiger partial charge in [0.15, 0.2) is 21.4 Å². The van der Waals surface area contributed by atoms with E-state index >= 15 is 0 Å². The third kappa shape index (κ3) is 5.35. The fourth-order valence-electron chi connectivity index (χ4n) is 3.78. The van der Waals surface area contributed by atoms with E-state index in [1.807, 2.05) is 0 Å². The number of aromatic nitrogens is 2. The zero-order valence-electron chi connectivity index (χ0n) is 17.4. The summed E-state index contributed by atoms with van der Waals surface area (Å²) in [7, 11) is -3.84. The number of fused-ring (bicyclic) bond motifs is 1. The molecule has 1 aromatic heterocycles. The summed E-state index contributed by atoms with van der Waals surface area (Å²) >= 11 is 5.82. The van der Waals surface area contributed by atoms with Crippen molar-refractivity contribution < 1.29 is 27.4 Å². The molecule has 0 radical (unpaired) electrons. The van der Waals surface area contributed by atoms with Gasteiger partial charge in [-0.1, -0.05) is 11.6 Å². The third-order valence-corrected chi connectivity index (χ3v) is 7.14. The van der Waals surface area contributed by atoms with Gasteiger partial charge in [-0.25, -0.2) is 12.8 Å². The molecule has 8 nitrogen and oxygen atoms in total. The fourth-order valence-corrected chi connectivity index (χ4v) is 5.05. The number of hydrogen-bond donors (Lipinski definition) is 2. The molecule has 0 saturated carbocycles. The fraction of sp³-hybridized carbons (Fsp3) is 0.273. The Kier molecular flexibility index (Phi) is 6.68. The molecule has 0 amide bonds. The molecular formula is C22H21ClFN3O5S. The van der Waals surface area contributed by atoms with Crippen molar-refractivity contribution >= 4 is 27.4 Å². The molecule has 2 N–H and O–H groups in total. The Morgan fingerprint density at radius 1 is 1.27 bits per heavy atom. The lowest BCUT2D eigenvalue weighted by atomic mass is 9.93. The quantitative estimate of drug-likeness (QED) is 0.488. The standard InChI is InChI=1S/C22H21ClFN3O5S/c23-14-4-6-15(7-5-14)32-21-9-8-16(10-18(21)24)33(30,31)13-25-19-2-1-3-20-17(19)11-26-27(20)12-22(28)29/h4-11,19,25H,1-3,12-13H2,(H,28,29)/t19-/m1/s1. The van der Waals surface area contributed by atoms with E-state index in [2.05, 4.69) is 10.4 Å². The Labute approximate surface area is 194 Å². The molecule has 0 saturated heterocycles. The monoisotopic (exact) mass is 493 g/mol. The van der Waals surface area contributed by atoms with Crippen molar-refractivity contribution in [1.82, 2.24) is 15.1 Å². The topological polar surface area (TPSA) is 111 Å². The summed E-state index contributed by atoms with van der Waals surface area (Å²) in [5.41, 5.74) is 1.57. The maximum Gasteiger partial charge on any atom is 0.325 e. The molecule has 0 bridgehead atoms. The minimum Gasteiger partial charge on any atom is -0.480 e. The van der Waals surface area contributed by atoms with Gasteiger partial charge >= 0.3 is 5.97 Å². The summed E-state index contributed by atoms with van der Waals surface area (Å²) in [6, 6.07) is 9.56. The van der Waals surface area contributed by atoms with Crippen LogP contribution in [0.4, 0.5) is 4.39 Å². The minimum atomic E-state index is -3.84. The van der Waals surface area contributed by atoms with Crippen molar-refractivity contribution in [2.24, 2.45) is 0 Å². The summed E-state index contributed by atoms with van der Waals surface area (Å²) in [6.07, 6.45) is 3.70. The van der Waals surface area contributed by atoms with Gasteiger partial charge in [-0.2, -0.15) is 5.10 Å². The van der Waals surface area contributed by atoms with E-state index < -0.39 is 27.5 Å². The number of carboxylic acids is 1. The Balaban J connectivity index is 1.45. The number of ether oxygens (including phenoxy) is 1. The maximum atomic E-state index is 14.5. The molecule has 11 heteroatoms. The van der Waals surface area contributed by atoms with Crippen LogP contribution in [0.2, 0.25) is 5.02 Å². The van der Waals surface area contributed by atoms with Gasteiger partial charge in [0.05, 0.1) is 11.1 Å². The highest BCUT2D eigenvalue weighted by molar-refractivity contribution is 7.91. The van der Waals surface area contributed by atoms with Gasteiger partial charge in [-0.3, -0.25) is 14.8 Å². The van der Waals surface area contributed by atoms with Crippen LogP contribution in [0.15, 0.2) is 53.6 Å². The molecule has 1 aliphatic carbocycles. The van der Waals surface area contributed by atoms with Gasteiger partial charge in [0.1, 0.15) is 18.2 Å². The van der Waals surface area contributed by atoms with Crippen molar-refractivity contribution in [3.05, 3.63) is 70.8 Å². The number of rotatable bonds is 8. The van der Waals surface area contributed by atoms with Crippen LogP contribution < -0.4 is 10.1 Å². The summed E-state index contributed by atoms with van der Waals surface area (Å²) in [5.74, 6) is -1.94. The molecule has 0 unspecified atom stereocenters. The number of halogens is 2. The molecule has 33 heavy (non-hydrogen) atoms. The van der Waals surface area contributed by atoms with Crippen LogP contribution in [0.3, 0.4) is 0 Å². The average Bonchev–Trinajstić information content (AvgIpc) is 3.18. The second-order valence-electron chi connectivity index (χ2n) is 7.65. The molecule has 2 aromatic carbocycles. The van der Waals surface area contributed by atoms with E-state index in [0.29, 0.717) is 23.6 Å². The normalized spacial score (nSPS) is 15.8. The van der Waals surface area contributed by atoms with E-state index in [1.165, 1.54) is 16.8 Å². The molecule has 0 fully saturated rings. The van der Waals surface area contributed by atoms with Crippen LogP contribution in [0, 0.1) is 5.82 Å². The number of benzene rings is 2. The molecule has 0 aliphatic heterocycles. The van der Waals surface area contributed by atoms with Crippen LogP contribution in [0.25, 0.3) is 0 Å². The first-order chi connectivity index (χ1) is 15.7. The number of aliphatic carboxylic acids is 1. The predicted molar refractivity (Wildman–Crippen MR) is 119 cm³/mol. The molecule has 1 atom stereocenters. The van der Waals surface area contributed by atoms with E-state index in [9.17, 15) is 17.6 Å². The van der Waals surface area contributed by atoms with E-state index in [-0.39, 0.29) is 23.2 Å². The van der Waals surface area contributed by atoms with E-state index in [4.69, 9.17) is 21.4 Å². The summed E-state index contributed by atoms with van der Waals surface area (Å²) in [4.78, 5) is 10.8. The van der Waals surface area contributed by atoms with Crippen molar-refractivity contribution in [3.8, 4) is 11.5 Å². The average molecular weight is 494 g/mol. The third-order valence-electron chi connectivity index (χ3n) is 5.37. The zero-order chi connectivity index (χ0) is 23.6. The highest BCUT2D eigenvalue weighted by Crippen LogP contribution is 2.31. The first-order valence-electron chi connectivity index (χ1n) is 10.2. The van der Waals surface area contributed by atoms with Crippen molar-refractivity contribution in [1.29, 1.82) is 0 Å². The predicted octanol–water partition coefficient (Wildman–Crippen LogP) is 3.95. The lowest BCUT2D eigenvalue weighted by molar-refractivity contribution is -0.137. The number of sulfone groups is 1. The van der Waals surface area contributed by atoms with Crippen molar-refractivity contribution in [2.45, 2.75) is 36.7 Å².